The summed E-state index contributed by atoms with van der Waals surface area (Å²) in [5, 5.41) is 10.6. The molecule has 0 unspecified atom stereocenters. The van der Waals surface area contributed by atoms with E-state index in [9.17, 15) is 0 Å². The number of piperidine rings is 1. The molecule has 0 saturated carbocycles. The average molecular weight is 349 g/mol. The van der Waals surface area contributed by atoms with Gasteiger partial charge in [0.05, 0.1) is 11.8 Å². The van der Waals surface area contributed by atoms with Gasteiger partial charge in [-0.15, -0.1) is 0 Å². The van der Waals surface area contributed by atoms with Gasteiger partial charge in [-0.05, 0) is 80.7 Å². The fourth-order valence-corrected chi connectivity index (χ4v) is 3.67. The molecule has 1 aliphatic rings. The SMILES string of the molecule is CC(C)Oc1ccc2cc(-c3ccn(CC4CCNCC4)n3)ccc2c1. The molecule has 0 atom stereocenters. The molecule has 0 bridgehead atoms. The van der Waals surface area contributed by atoms with Crippen molar-refractivity contribution in [2.45, 2.75) is 39.3 Å². The van der Waals surface area contributed by atoms with Crippen molar-refractivity contribution in [1.29, 1.82) is 0 Å². The zero-order chi connectivity index (χ0) is 17.9. The molecule has 2 aromatic carbocycles. The summed E-state index contributed by atoms with van der Waals surface area (Å²) in [6.45, 7) is 7.38. The largest absolute Gasteiger partial charge is 0.491 e. The summed E-state index contributed by atoms with van der Waals surface area (Å²) in [6.07, 6.45) is 4.79. The van der Waals surface area contributed by atoms with E-state index in [1.165, 1.54) is 29.2 Å². The molecular formula is C22H27N3O. The standard InChI is InChI=1S/C22H27N3O/c1-16(2)26-21-6-5-18-13-20(4-3-19(18)14-21)22-9-12-25(24-22)15-17-7-10-23-11-8-17/h3-6,9,12-14,16-17,23H,7-8,10-11,15H2,1-2H3. The molecule has 4 heteroatoms. The molecule has 4 nitrogen and oxygen atoms in total. The van der Waals surface area contributed by atoms with Crippen LogP contribution in [0, 0.1) is 5.92 Å². The molecule has 1 saturated heterocycles. The summed E-state index contributed by atoms with van der Waals surface area (Å²) in [5.41, 5.74) is 2.21. The number of hydrogen-bond donors (Lipinski definition) is 1. The first-order valence-electron chi connectivity index (χ1n) is 9.62. The summed E-state index contributed by atoms with van der Waals surface area (Å²) < 4.78 is 7.90. The summed E-state index contributed by atoms with van der Waals surface area (Å²) in [7, 11) is 0. The molecule has 136 valence electrons. The smallest absolute Gasteiger partial charge is 0.120 e. The van der Waals surface area contributed by atoms with Crippen LogP contribution >= 0.6 is 0 Å². The molecule has 3 aromatic rings. The Hall–Kier alpha value is -2.33. The Labute approximate surface area is 155 Å². The van der Waals surface area contributed by atoms with Crippen LogP contribution in [0.15, 0.2) is 48.7 Å². The molecule has 1 N–H and O–H groups in total. The molecular weight excluding hydrogens is 322 g/mol. The van der Waals surface area contributed by atoms with Crippen LogP contribution in [-0.4, -0.2) is 29.0 Å². The van der Waals surface area contributed by atoms with E-state index < -0.39 is 0 Å². The minimum absolute atomic E-state index is 0.190. The maximum atomic E-state index is 5.79. The average Bonchev–Trinajstić information content (AvgIpc) is 3.10. The van der Waals surface area contributed by atoms with Gasteiger partial charge in [0, 0.05) is 18.3 Å². The number of ether oxygens (including phenoxy) is 1. The Balaban J connectivity index is 1.53. The van der Waals surface area contributed by atoms with Gasteiger partial charge in [0.15, 0.2) is 0 Å². The lowest BCUT2D eigenvalue weighted by atomic mass is 9.98. The fourth-order valence-electron chi connectivity index (χ4n) is 3.67. The van der Waals surface area contributed by atoms with E-state index >= 15 is 0 Å². The highest BCUT2D eigenvalue weighted by atomic mass is 16.5. The third kappa shape index (κ3) is 3.91. The number of nitrogens with zero attached hydrogens (tertiary/aromatic N) is 2. The highest BCUT2D eigenvalue weighted by Crippen LogP contribution is 2.27. The molecule has 0 aliphatic carbocycles. The van der Waals surface area contributed by atoms with Crippen LogP contribution in [0.4, 0.5) is 0 Å². The van der Waals surface area contributed by atoms with Gasteiger partial charge in [-0.3, -0.25) is 4.68 Å². The molecule has 1 aliphatic heterocycles. The quantitative estimate of drug-likeness (QED) is 0.738. The maximum absolute atomic E-state index is 5.79. The van der Waals surface area contributed by atoms with Crippen LogP contribution in [0.1, 0.15) is 26.7 Å². The second-order valence-electron chi connectivity index (χ2n) is 7.51. The highest BCUT2D eigenvalue weighted by molar-refractivity contribution is 5.87. The van der Waals surface area contributed by atoms with Crippen LogP contribution in [-0.2, 0) is 6.54 Å². The van der Waals surface area contributed by atoms with Crippen LogP contribution in [0.25, 0.3) is 22.0 Å². The van der Waals surface area contributed by atoms with Gasteiger partial charge in [0.2, 0.25) is 0 Å². The van der Waals surface area contributed by atoms with Gasteiger partial charge in [-0.1, -0.05) is 18.2 Å². The number of aromatic nitrogens is 2. The van der Waals surface area contributed by atoms with Crippen molar-refractivity contribution in [2.75, 3.05) is 13.1 Å². The van der Waals surface area contributed by atoms with E-state index in [0.29, 0.717) is 0 Å². The highest BCUT2D eigenvalue weighted by Gasteiger charge is 2.14. The summed E-state index contributed by atoms with van der Waals surface area (Å²) in [4.78, 5) is 0. The van der Waals surface area contributed by atoms with Gasteiger partial charge in [-0.2, -0.15) is 5.10 Å². The molecule has 0 spiro atoms. The lowest BCUT2D eigenvalue weighted by Crippen LogP contribution is -2.29. The van der Waals surface area contributed by atoms with Crippen LogP contribution < -0.4 is 10.1 Å². The van der Waals surface area contributed by atoms with E-state index in [-0.39, 0.29) is 6.10 Å². The van der Waals surface area contributed by atoms with Crippen molar-refractivity contribution in [3.8, 4) is 17.0 Å². The second-order valence-corrected chi connectivity index (χ2v) is 7.51. The fraction of sp³-hybridized carbons (Fsp3) is 0.409. The molecule has 0 radical (unpaired) electrons. The molecule has 2 heterocycles. The van der Waals surface area contributed by atoms with E-state index in [1.807, 2.05) is 19.9 Å². The lowest BCUT2D eigenvalue weighted by Gasteiger charge is -2.22. The molecule has 26 heavy (non-hydrogen) atoms. The maximum Gasteiger partial charge on any atom is 0.120 e. The Morgan fingerprint density at radius 3 is 2.65 bits per heavy atom. The van der Waals surface area contributed by atoms with E-state index in [4.69, 9.17) is 9.84 Å². The third-order valence-corrected chi connectivity index (χ3v) is 5.02. The third-order valence-electron chi connectivity index (χ3n) is 5.02. The normalized spacial score (nSPS) is 15.7. The number of nitrogens with one attached hydrogen (secondary N) is 1. The summed E-state index contributed by atoms with van der Waals surface area (Å²) in [6, 6.07) is 14.9. The van der Waals surface area contributed by atoms with Gasteiger partial charge in [0.25, 0.3) is 0 Å². The van der Waals surface area contributed by atoms with Crippen LogP contribution in [0.2, 0.25) is 0 Å². The van der Waals surface area contributed by atoms with E-state index in [0.717, 1.165) is 37.0 Å². The van der Waals surface area contributed by atoms with Crippen molar-refractivity contribution in [3.05, 3.63) is 48.7 Å². The topological polar surface area (TPSA) is 39.1 Å². The zero-order valence-corrected chi connectivity index (χ0v) is 15.6. The summed E-state index contributed by atoms with van der Waals surface area (Å²) >= 11 is 0. The number of fused-ring (bicyclic) bond motifs is 1. The Morgan fingerprint density at radius 2 is 1.85 bits per heavy atom. The second kappa shape index (κ2) is 7.50. The summed E-state index contributed by atoms with van der Waals surface area (Å²) in [5.74, 6) is 1.66. The monoisotopic (exact) mass is 349 g/mol. The van der Waals surface area contributed by atoms with E-state index in [1.54, 1.807) is 0 Å². The lowest BCUT2D eigenvalue weighted by molar-refractivity contribution is 0.243. The van der Waals surface area contributed by atoms with Gasteiger partial charge in [0.1, 0.15) is 5.75 Å². The van der Waals surface area contributed by atoms with Gasteiger partial charge >= 0.3 is 0 Å². The molecule has 0 amide bonds. The number of benzene rings is 2. The van der Waals surface area contributed by atoms with Crippen molar-refractivity contribution >= 4 is 10.8 Å². The first kappa shape index (κ1) is 17.1. The van der Waals surface area contributed by atoms with E-state index in [2.05, 4.69) is 52.6 Å². The van der Waals surface area contributed by atoms with Crippen LogP contribution in [0.5, 0.6) is 5.75 Å². The number of rotatable bonds is 5. The Bertz CT molecular complexity index is 878. The minimum atomic E-state index is 0.190. The van der Waals surface area contributed by atoms with Crippen molar-refractivity contribution in [3.63, 3.8) is 0 Å². The van der Waals surface area contributed by atoms with Crippen molar-refractivity contribution < 1.29 is 4.74 Å². The van der Waals surface area contributed by atoms with Crippen molar-refractivity contribution in [1.82, 2.24) is 15.1 Å². The molecule has 1 fully saturated rings. The Kier molecular flexibility index (Phi) is 4.93. The first-order chi connectivity index (χ1) is 12.7. The zero-order valence-electron chi connectivity index (χ0n) is 15.6. The van der Waals surface area contributed by atoms with Gasteiger partial charge < -0.3 is 10.1 Å². The number of hydrogen-bond acceptors (Lipinski definition) is 3. The first-order valence-corrected chi connectivity index (χ1v) is 9.62. The van der Waals surface area contributed by atoms with Crippen LogP contribution in [0.3, 0.4) is 0 Å². The minimum Gasteiger partial charge on any atom is -0.491 e. The van der Waals surface area contributed by atoms with Gasteiger partial charge in [-0.25, -0.2) is 0 Å². The predicted octanol–water partition coefficient (Wildman–Crippen LogP) is 4.49. The van der Waals surface area contributed by atoms with Crippen molar-refractivity contribution in [2.24, 2.45) is 5.92 Å². The molecule has 1 aromatic heterocycles. The predicted molar refractivity (Wildman–Crippen MR) is 107 cm³/mol. The molecule has 4 rings (SSSR count). The Morgan fingerprint density at radius 1 is 1.08 bits per heavy atom.